The molecule has 0 radical (unpaired) electrons. The second-order valence-electron chi connectivity index (χ2n) is 4.30. The lowest BCUT2D eigenvalue weighted by Gasteiger charge is -2.19. The molecule has 2 atom stereocenters. The maximum absolute atomic E-state index is 11.6. The fraction of sp³-hybridized carbons (Fsp3) is 0.727. The van der Waals surface area contributed by atoms with Gasteiger partial charge in [-0.3, -0.25) is 4.79 Å². The summed E-state index contributed by atoms with van der Waals surface area (Å²) < 4.78 is 4.72. The van der Waals surface area contributed by atoms with E-state index in [1.54, 1.807) is 0 Å². The Balaban J connectivity index is 4.51. The molecular weight excluding hydrogens is 226 g/mol. The molecule has 0 saturated carbocycles. The zero-order valence-corrected chi connectivity index (χ0v) is 10.5. The van der Waals surface area contributed by atoms with Crippen molar-refractivity contribution >= 4 is 17.8 Å². The smallest absolute Gasteiger partial charge is 0.344 e. The summed E-state index contributed by atoms with van der Waals surface area (Å²) in [7, 11) is 0. The third-order valence-electron chi connectivity index (χ3n) is 2.01. The van der Waals surface area contributed by atoms with E-state index in [0.29, 0.717) is 6.42 Å². The van der Waals surface area contributed by atoms with E-state index in [2.05, 4.69) is 5.32 Å². The molecule has 2 N–H and O–H groups in total. The Labute approximate surface area is 100 Å². The molecular formula is C11H19NO5. The number of carbonyl (C=O) groups is 3. The number of nitrogens with one attached hydrogen (secondary N) is 1. The van der Waals surface area contributed by atoms with Crippen molar-refractivity contribution in [3.8, 4) is 0 Å². The largest absolute Gasteiger partial charge is 0.479 e. The number of hydrogen-bond donors (Lipinski definition) is 2. The van der Waals surface area contributed by atoms with E-state index in [4.69, 9.17) is 9.84 Å². The predicted molar refractivity (Wildman–Crippen MR) is 60.2 cm³/mol. The van der Waals surface area contributed by atoms with Crippen LogP contribution in [-0.4, -0.2) is 35.1 Å². The van der Waals surface area contributed by atoms with Crippen LogP contribution in [0.2, 0.25) is 0 Å². The minimum Gasteiger partial charge on any atom is -0.479 e. The second kappa shape index (κ2) is 6.88. The van der Waals surface area contributed by atoms with Crippen LogP contribution in [0, 0.1) is 5.92 Å². The quantitative estimate of drug-likeness (QED) is 0.667. The molecule has 98 valence electrons. The van der Waals surface area contributed by atoms with Gasteiger partial charge in [-0.25, -0.2) is 9.59 Å². The van der Waals surface area contributed by atoms with E-state index in [1.807, 2.05) is 13.8 Å². The number of rotatable bonds is 6. The van der Waals surface area contributed by atoms with Crippen molar-refractivity contribution in [3.05, 3.63) is 0 Å². The zero-order valence-electron chi connectivity index (χ0n) is 10.5. The van der Waals surface area contributed by atoms with Crippen molar-refractivity contribution in [1.82, 2.24) is 5.32 Å². The average Bonchev–Trinajstić information content (AvgIpc) is 2.14. The van der Waals surface area contributed by atoms with E-state index in [9.17, 15) is 14.4 Å². The van der Waals surface area contributed by atoms with Gasteiger partial charge in [0.05, 0.1) is 0 Å². The van der Waals surface area contributed by atoms with Gasteiger partial charge in [0.1, 0.15) is 6.04 Å². The highest BCUT2D eigenvalue weighted by Crippen LogP contribution is 2.07. The summed E-state index contributed by atoms with van der Waals surface area (Å²) in [4.78, 5) is 33.1. The summed E-state index contributed by atoms with van der Waals surface area (Å²) in [5.74, 6) is -2.11. The lowest BCUT2D eigenvalue weighted by molar-refractivity contribution is -0.164. The van der Waals surface area contributed by atoms with Crippen LogP contribution in [0.3, 0.4) is 0 Å². The van der Waals surface area contributed by atoms with Crippen molar-refractivity contribution in [3.63, 3.8) is 0 Å². The Bertz CT molecular complexity index is 300. The molecule has 1 amide bonds. The van der Waals surface area contributed by atoms with Crippen LogP contribution >= 0.6 is 0 Å². The molecule has 0 spiro atoms. The fourth-order valence-corrected chi connectivity index (χ4v) is 1.24. The number of aliphatic carboxylic acids is 1. The highest BCUT2D eigenvalue weighted by molar-refractivity contribution is 5.85. The van der Waals surface area contributed by atoms with Crippen LogP contribution in [0.15, 0.2) is 0 Å². The molecule has 0 bridgehead atoms. The van der Waals surface area contributed by atoms with Crippen LogP contribution < -0.4 is 5.32 Å². The maximum atomic E-state index is 11.6. The van der Waals surface area contributed by atoms with E-state index in [1.165, 1.54) is 13.8 Å². The van der Waals surface area contributed by atoms with Crippen LogP contribution in [0.25, 0.3) is 0 Å². The van der Waals surface area contributed by atoms with Gasteiger partial charge in [0.25, 0.3) is 0 Å². The Morgan fingerprint density at radius 1 is 1.24 bits per heavy atom. The molecule has 0 aliphatic rings. The van der Waals surface area contributed by atoms with Gasteiger partial charge in [-0.1, -0.05) is 13.8 Å². The Morgan fingerprint density at radius 3 is 2.12 bits per heavy atom. The maximum Gasteiger partial charge on any atom is 0.344 e. The molecule has 2 unspecified atom stereocenters. The molecule has 0 aromatic carbocycles. The molecule has 0 saturated heterocycles. The van der Waals surface area contributed by atoms with Gasteiger partial charge in [0, 0.05) is 6.92 Å². The molecule has 0 aliphatic carbocycles. The van der Waals surface area contributed by atoms with E-state index >= 15 is 0 Å². The van der Waals surface area contributed by atoms with Gasteiger partial charge in [-0.2, -0.15) is 0 Å². The van der Waals surface area contributed by atoms with Crippen LogP contribution in [0.4, 0.5) is 0 Å². The first kappa shape index (κ1) is 15.4. The first-order valence-electron chi connectivity index (χ1n) is 5.44. The van der Waals surface area contributed by atoms with Crippen molar-refractivity contribution in [2.75, 3.05) is 0 Å². The third-order valence-corrected chi connectivity index (χ3v) is 2.01. The van der Waals surface area contributed by atoms with Crippen molar-refractivity contribution in [2.45, 2.75) is 46.3 Å². The Kier molecular flexibility index (Phi) is 6.23. The summed E-state index contributed by atoms with van der Waals surface area (Å²) in [5, 5.41) is 11.1. The monoisotopic (exact) mass is 245 g/mol. The molecule has 0 aromatic heterocycles. The van der Waals surface area contributed by atoms with Crippen LogP contribution in [-0.2, 0) is 19.1 Å². The number of carbonyl (C=O) groups excluding carboxylic acids is 2. The Morgan fingerprint density at radius 2 is 1.76 bits per heavy atom. The normalized spacial score (nSPS) is 13.9. The summed E-state index contributed by atoms with van der Waals surface area (Å²) in [6, 6.07) is -0.797. The fourth-order valence-electron chi connectivity index (χ4n) is 1.24. The molecule has 17 heavy (non-hydrogen) atoms. The van der Waals surface area contributed by atoms with Gasteiger partial charge in [-0.05, 0) is 19.3 Å². The number of ether oxygens (including phenoxy) is 1. The highest BCUT2D eigenvalue weighted by atomic mass is 16.6. The minimum atomic E-state index is -1.22. The number of esters is 1. The average molecular weight is 245 g/mol. The molecule has 0 aliphatic heterocycles. The number of amides is 1. The third kappa shape index (κ3) is 6.55. The second-order valence-corrected chi connectivity index (χ2v) is 4.30. The van der Waals surface area contributed by atoms with Crippen LogP contribution in [0.1, 0.15) is 34.1 Å². The first-order valence-corrected chi connectivity index (χ1v) is 5.44. The molecule has 6 heteroatoms. The summed E-state index contributed by atoms with van der Waals surface area (Å²) in [6.07, 6.45) is -0.809. The van der Waals surface area contributed by atoms with Gasteiger partial charge < -0.3 is 15.2 Å². The van der Waals surface area contributed by atoms with E-state index in [-0.39, 0.29) is 11.8 Å². The van der Waals surface area contributed by atoms with Gasteiger partial charge in [0.15, 0.2) is 6.10 Å². The van der Waals surface area contributed by atoms with E-state index in [0.717, 1.165) is 0 Å². The molecule has 6 nitrogen and oxygen atoms in total. The van der Waals surface area contributed by atoms with Gasteiger partial charge in [-0.15, -0.1) is 0 Å². The summed E-state index contributed by atoms with van der Waals surface area (Å²) in [6.45, 7) is 6.34. The summed E-state index contributed by atoms with van der Waals surface area (Å²) in [5.41, 5.74) is 0. The topological polar surface area (TPSA) is 92.7 Å². The minimum absolute atomic E-state index is 0.180. The van der Waals surface area contributed by atoms with Crippen molar-refractivity contribution in [1.29, 1.82) is 0 Å². The molecule has 0 aromatic rings. The number of carboxylic acid groups (broad SMARTS) is 1. The predicted octanol–water partition coefficient (Wildman–Crippen LogP) is 0.553. The lowest BCUT2D eigenvalue weighted by atomic mass is 10.0. The molecule has 0 fully saturated rings. The van der Waals surface area contributed by atoms with Crippen molar-refractivity contribution in [2.24, 2.45) is 5.92 Å². The lowest BCUT2D eigenvalue weighted by Crippen LogP contribution is -2.43. The summed E-state index contributed by atoms with van der Waals surface area (Å²) >= 11 is 0. The number of hydrogen-bond acceptors (Lipinski definition) is 4. The van der Waals surface area contributed by atoms with Gasteiger partial charge >= 0.3 is 11.9 Å². The van der Waals surface area contributed by atoms with Gasteiger partial charge in [0.2, 0.25) is 5.91 Å². The standard InChI is InChI=1S/C11H19NO5/c1-6(2)5-9(12-8(4)13)11(16)17-7(3)10(14)15/h6-7,9H,5H2,1-4H3,(H,12,13)(H,14,15). The van der Waals surface area contributed by atoms with E-state index < -0.39 is 24.1 Å². The molecule has 0 rings (SSSR count). The highest BCUT2D eigenvalue weighted by Gasteiger charge is 2.25. The van der Waals surface area contributed by atoms with Crippen LogP contribution in [0.5, 0.6) is 0 Å². The Hall–Kier alpha value is -1.59. The number of carboxylic acids is 1. The first-order chi connectivity index (χ1) is 7.73. The SMILES string of the molecule is CC(=O)NC(CC(C)C)C(=O)OC(C)C(=O)O. The van der Waals surface area contributed by atoms with Crippen molar-refractivity contribution < 1.29 is 24.2 Å². The molecule has 0 heterocycles. The zero-order chi connectivity index (χ0) is 13.6.